The summed E-state index contributed by atoms with van der Waals surface area (Å²) in [4.78, 5) is 25.0. The molecule has 5 rings (SSSR count). The molecule has 0 saturated heterocycles. The first-order valence-corrected chi connectivity index (χ1v) is 10.6. The average Bonchev–Trinajstić information content (AvgIpc) is 2.69. The first-order valence-electron chi connectivity index (χ1n) is 9.80. The fourth-order valence-corrected chi connectivity index (χ4v) is 4.69. The van der Waals surface area contributed by atoms with E-state index in [1.807, 2.05) is 0 Å². The van der Waals surface area contributed by atoms with Crippen molar-refractivity contribution in [2.24, 2.45) is 5.41 Å². The Hall–Kier alpha value is -2.35. The molecule has 3 aliphatic rings. The van der Waals surface area contributed by atoms with E-state index in [2.05, 4.69) is 10.6 Å². The van der Waals surface area contributed by atoms with Crippen LogP contribution in [0.3, 0.4) is 0 Å². The highest BCUT2D eigenvalue weighted by atomic mass is 35.5. The van der Waals surface area contributed by atoms with Crippen LogP contribution in [0.15, 0.2) is 42.5 Å². The highest BCUT2D eigenvalue weighted by molar-refractivity contribution is 6.30. The predicted molar refractivity (Wildman–Crippen MR) is 113 cm³/mol. The van der Waals surface area contributed by atoms with Gasteiger partial charge < -0.3 is 20.5 Å². The summed E-state index contributed by atoms with van der Waals surface area (Å²) in [6, 6.07) is 10.4. The van der Waals surface area contributed by atoms with E-state index in [0.29, 0.717) is 24.3 Å². The van der Waals surface area contributed by atoms with Crippen LogP contribution in [0.1, 0.15) is 30.9 Å². The largest absolute Gasteiger partial charge is 0.484 e. The molecule has 0 aromatic heterocycles. The molecule has 31 heavy (non-hydrogen) atoms. The number of hydrogen-bond donors (Lipinski definition) is 3. The summed E-state index contributed by atoms with van der Waals surface area (Å²) in [5.41, 5.74) is -0.156. The van der Waals surface area contributed by atoms with Crippen LogP contribution in [0.25, 0.3) is 0 Å². The van der Waals surface area contributed by atoms with Gasteiger partial charge in [-0.25, -0.2) is 4.39 Å². The summed E-state index contributed by atoms with van der Waals surface area (Å²) in [6.45, 7) is -0.487. The van der Waals surface area contributed by atoms with Gasteiger partial charge in [-0.1, -0.05) is 35.3 Å². The Morgan fingerprint density at radius 1 is 1.13 bits per heavy atom. The topological polar surface area (TPSA) is 87.7 Å². The molecule has 1 atom stereocenters. The van der Waals surface area contributed by atoms with Crippen molar-refractivity contribution in [1.82, 2.24) is 10.6 Å². The summed E-state index contributed by atoms with van der Waals surface area (Å²) in [7, 11) is 0. The number of aliphatic hydroxyl groups is 1. The van der Waals surface area contributed by atoms with Crippen molar-refractivity contribution in [1.29, 1.82) is 0 Å². The molecule has 3 saturated carbocycles. The number of benzene rings is 2. The molecule has 0 radical (unpaired) electrons. The van der Waals surface area contributed by atoms with E-state index in [0.717, 1.165) is 11.6 Å². The molecule has 1 unspecified atom stereocenters. The maximum absolute atomic E-state index is 13.4. The van der Waals surface area contributed by atoms with Gasteiger partial charge in [-0.3, -0.25) is 9.59 Å². The molecule has 6 nitrogen and oxygen atoms in total. The van der Waals surface area contributed by atoms with Crippen molar-refractivity contribution < 1.29 is 23.8 Å². The molecule has 2 aromatic rings. The summed E-state index contributed by atoms with van der Waals surface area (Å²) in [5, 5.41) is 16.0. The second kappa shape index (κ2) is 8.30. The second-order valence-corrected chi connectivity index (χ2v) is 9.11. The maximum Gasteiger partial charge on any atom is 0.258 e. The van der Waals surface area contributed by atoms with E-state index in [4.69, 9.17) is 27.9 Å². The van der Waals surface area contributed by atoms with Crippen LogP contribution in [-0.2, 0) is 9.59 Å². The van der Waals surface area contributed by atoms with E-state index >= 15 is 0 Å². The Kier molecular flexibility index (Phi) is 5.85. The fourth-order valence-electron chi connectivity index (χ4n) is 4.45. The van der Waals surface area contributed by atoms with Gasteiger partial charge in [0, 0.05) is 16.6 Å². The van der Waals surface area contributed by atoms with Crippen molar-refractivity contribution in [2.75, 3.05) is 13.2 Å². The lowest BCUT2D eigenvalue weighted by Gasteiger charge is -2.69. The molecule has 3 fully saturated rings. The minimum atomic E-state index is -0.619. The number of halogens is 3. The van der Waals surface area contributed by atoms with Crippen molar-refractivity contribution >= 4 is 35.0 Å². The van der Waals surface area contributed by atoms with Gasteiger partial charge >= 0.3 is 0 Å². The lowest BCUT2D eigenvalue weighted by Crippen LogP contribution is -2.78. The third-order valence-corrected chi connectivity index (χ3v) is 6.50. The molecule has 0 heterocycles. The van der Waals surface area contributed by atoms with Crippen molar-refractivity contribution in [2.45, 2.75) is 30.8 Å². The van der Waals surface area contributed by atoms with E-state index in [1.165, 1.54) is 12.1 Å². The molecule has 0 spiro atoms. The van der Waals surface area contributed by atoms with Crippen molar-refractivity contribution in [3.63, 3.8) is 0 Å². The Balaban J connectivity index is 1.25. The first-order chi connectivity index (χ1) is 14.7. The Morgan fingerprint density at radius 3 is 2.42 bits per heavy atom. The third-order valence-electron chi connectivity index (χ3n) is 5.94. The molecule has 2 aromatic carbocycles. The highest BCUT2D eigenvalue weighted by Crippen LogP contribution is 2.67. The van der Waals surface area contributed by atoms with Crippen LogP contribution in [-0.4, -0.2) is 35.7 Å². The first kappa shape index (κ1) is 21.9. The summed E-state index contributed by atoms with van der Waals surface area (Å²) in [6.07, 6.45) is 1.60. The lowest BCUT2D eigenvalue weighted by atomic mass is 9.39. The summed E-state index contributed by atoms with van der Waals surface area (Å²) in [5.74, 6) is -0.876. The number of ether oxygens (including phenoxy) is 1. The third kappa shape index (κ3) is 4.35. The molecular formula is C22H21Cl2FN2O4. The van der Waals surface area contributed by atoms with Gasteiger partial charge in [0.15, 0.2) is 6.61 Å². The van der Waals surface area contributed by atoms with Crippen LogP contribution >= 0.6 is 23.2 Å². The van der Waals surface area contributed by atoms with Gasteiger partial charge in [-0.2, -0.15) is 0 Å². The highest BCUT2D eigenvalue weighted by Gasteiger charge is 2.72. The zero-order chi connectivity index (χ0) is 22.2. The summed E-state index contributed by atoms with van der Waals surface area (Å²) >= 11 is 11.5. The quantitative estimate of drug-likeness (QED) is 0.556. The van der Waals surface area contributed by atoms with E-state index < -0.39 is 22.8 Å². The van der Waals surface area contributed by atoms with Gasteiger partial charge in [0.05, 0.1) is 23.1 Å². The second-order valence-electron chi connectivity index (χ2n) is 8.26. The zero-order valence-electron chi connectivity index (χ0n) is 16.5. The lowest BCUT2D eigenvalue weighted by molar-refractivity contribution is -0.184. The number of aliphatic hydroxyl groups excluding tert-OH is 1. The molecular weight excluding hydrogens is 446 g/mol. The normalized spacial score (nSPS) is 24.4. The number of amides is 2. The number of carbonyl (C=O) groups excluding carboxylic acids is 2. The molecule has 2 bridgehead atoms. The zero-order valence-corrected chi connectivity index (χ0v) is 18.0. The van der Waals surface area contributed by atoms with E-state index in [1.54, 1.807) is 24.3 Å². The Bertz CT molecular complexity index is 995. The van der Waals surface area contributed by atoms with Crippen LogP contribution < -0.4 is 15.4 Å². The number of hydrogen-bond acceptors (Lipinski definition) is 4. The van der Waals surface area contributed by atoms with Crippen LogP contribution in [0.2, 0.25) is 10.0 Å². The average molecular weight is 467 g/mol. The monoisotopic (exact) mass is 466 g/mol. The van der Waals surface area contributed by atoms with E-state index in [-0.39, 0.29) is 35.8 Å². The van der Waals surface area contributed by atoms with E-state index in [9.17, 15) is 19.1 Å². The standard InChI is InChI=1S/C22H21Cl2FN2O4/c23-14-3-1-13(2-4-14)18(8-28)26-20(30)21-10-22(11-21,12-21)27-19(29)9-31-15-5-6-16(24)17(25)7-15/h1-7,18,28H,8-12H2,(H,26,30)(H,27,29). The van der Waals surface area contributed by atoms with Crippen molar-refractivity contribution in [3.05, 3.63) is 63.9 Å². The van der Waals surface area contributed by atoms with Crippen LogP contribution in [0.5, 0.6) is 5.75 Å². The molecule has 9 heteroatoms. The van der Waals surface area contributed by atoms with Gasteiger partial charge in [-0.15, -0.1) is 0 Å². The smallest absolute Gasteiger partial charge is 0.258 e. The van der Waals surface area contributed by atoms with Crippen LogP contribution in [0.4, 0.5) is 4.39 Å². The minimum absolute atomic E-state index is 0.0197. The SMILES string of the molecule is O=C(COc1ccc(Cl)c(F)c1)NC12CC(C(=O)NC(CO)c3ccc(Cl)cc3)(C1)C2. The van der Waals surface area contributed by atoms with Crippen LogP contribution in [0, 0.1) is 11.2 Å². The van der Waals surface area contributed by atoms with Gasteiger partial charge in [-0.05, 0) is 49.1 Å². The molecule has 0 aliphatic heterocycles. The molecule has 2 amide bonds. The minimum Gasteiger partial charge on any atom is -0.484 e. The fraction of sp³-hybridized carbons (Fsp3) is 0.364. The van der Waals surface area contributed by atoms with Gasteiger partial charge in [0.25, 0.3) is 5.91 Å². The Morgan fingerprint density at radius 2 is 1.81 bits per heavy atom. The molecule has 3 N–H and O–H groups in total. The molecule has 164 valence electrons. The number of carbonyl (C=O) groups is 2. The predicted octanol–water partition coefficient (Wildman–Crippen LogP) is 3.40. The Labute approximate surface area is 188 Å². The van der Waals surface area contributed by atoms with Crippen molar-refractivity contribution in [3.8, 4) is 5.75 Å². The summed E-state index contributed by atoms with van der Waals surface area (Å²) < 4.78 is 18.7. The molecule has 3 aliphatic carbocycles. The number of rotatable bonds is 8. The number of nitrogens with one attached hydrogen (secondary N) is 2. The van der Waals surface area contributed by atoms with Gasteiger partial charge in [0.1, 0.15) is 11.6 Å². The maximum atomic E-state index is 13.4. The van der Waals surface area contributed by atoms with Gasteiger partial charge in [0.2, 0.25) is 5.91 Å².